The Morgan fingerprint density at radius 1 is 1.00 bits per heavy atom. The molecule has 1 fully saturated rings. The van der Waals surface area contributed by atoms with E-state index >= 15 is 0 Å². The molecule has 2 aromatic carbocycles. The number of methoxy groups -OCH3 is 1. The van der Waals surface area contributed by atoms with Crippen molar-refractivity contribution in [3.05, 3.63) is 59.8 Å². The van der Waals surface area contributed by atoms with Gasteiger partial charge < -0.3 is 14.2 Å². The highest BCUT2D eigenvalue weighted by Gasteiger charge is 2.30. The van der Waals surface area contributed by atoms with Crippen molar-refractivity contribution in [2.45, 2.75) is 18.7 Å². The number of rotatable bonds is 5. The molecule has 0 spiro atoms. The van der Waals surface area contributed by atoms with Gasteiger partial charge in [0, 0.05) is 37.8 Å². The van der Waals surface area contributed by atoms with E-state index in [1.54, 1.807) is 23.5 Å². The maximum absolute atomic E-state index is 13.4. The van der Waals surface area contributed by atoms with Gasteiger partial charge in [-0.05, 0) is 37.6 Å². The molecular weight excluding hydrogens is 402 g/mol. The fourth-order valence-corrected chi connectivity index (χ4v) is 5.40. The van der Waals surface area contributed by atoms with Crippen molar-refractivity contribution in [1.82, 2.24) is 9.46 Å². The molecule has 0 amide bonds. The molecule has 2 heterocycles. The molecule has 4 rings (SSSR count). The van der Waals surface area contributed by atoms with E-state index in [4.69, 9.17) is 9.26 Å². The summed E-state index contributed by atoms with van der Waals surface area (Å²) in [4.78, 5) is 2.46. The van der Waals surface area contributed by atoms with E-state index in [2.05, 4.69) is 10.1 Å². The van der Waals surface area contributed by atoms with Crippen LogP contribution in [0.3, 0.4) is 0 Å². The zero-order valence-electron chi connectivity index (χ0n) is 17.3. The van der Waals surface area contributed by atoms with Crippen molar-refractivity contribution >= 4 is 15.7 Å². The number of aromatic nitrogens is 1. The van der Waals surface area contributed by atoms with Crippen LogP contribution in [-0.2, 0) is 10.0 Å². The third-order valence-electron chi connectivity index (χ3n) is 5.38. The Morgan fingerprint density at radius 2 is 1.73 bits per heavy atom. The number of ether oxygens (including phenoxy) is 1. The molecule has 3 aromatic rings. The minimum Gasteiger partial charge on any atom is -0.495 e. The van der Waals surface area contributed by atoms with Crippen LogP contribution in [0.1, 0.15) is 11.3 Å². The van der Waals surface area contributed by atoms with Crippen LogP contribution in [0.5, 0.6) is 5.75 Å². The van der Waals surface area contributed by atoms with Crippen LogP contribution in [0.15, 0.2) is 57.9 Å². The van der Waals surface area contributed by atoms with Gasteiger partial charge in [-0.3, -0.25) is 0 Å². The first kappa shape index (κ1) is 20.4. The van der Waals surface area contributed by atoms with Crippen LogP contribution in [0, 0.1) is 13.8 Å². The molecule has 30 heavy (non-hydrogen) atoms. The fourth-order valence-electron chi connectivity index (χ4n) is 3.73. The minimum atomic E-state index is -3.62. The van der Waals surface area contributed by atoms with Crippen molar-refractivity contribution in [2.75, 3.05) is 38.2 Å². The molecule has 0 bridgehead atoms. The van der Waals surface area contributed by atoms with E-state index in [0.717, 1.165) is 17.1 Å². The van der Waals surface area contributed by atoms with Crippen LogP contribution in [0.4, 0.5) is 5.69 Å². The third-order valence-corrected chi connectivity index (χ3v) is 7.42. The summed E-state index contributed by atoms with van der Waals surface area (Å²) in [6.07, 6.45) is 0. The summed E-state index contributed by atoms with van der Waals surface area (Å²) >= 11 is 0. The molecule has 1 aromatic heterocycles. The summed E-state index contributed by atoms with van der Waals surface area (Å²) in [5.41, 5.74) is 3.15. The lowest BCUT2D eigenvalue weighted by Crippen LogP contribution is -2.48. The first-order valence-electron chi connectivity index (χ1n) is 9.82. The summed E-state index contributed by atoms with van der Waals surface area (Å²) in [6, 6.07) is 14.9. The second kappa shape index (κ2) is 8.12. The maximum atomic E-state index is 13.4. The van der Waals surface area contributed by atoms with Crippen LogP contribution in [-0.4, -0.2) is 51.2 Å². The Labute approximate surface area is 176 Å². The second-order valence-corrected chi connectivity index (χ2v) is 9.28. The lowest BCUT2D eigenvalue weighted by Gasteiger charge is -2.36. The quantitative estimate of drug-likeness (QED) is 0.621. The third kappa shape index (κ3) is 3.80. The van der Waals surface area contributed by atoms with Gasteiger partial charge in [0.25, 0.3) is 0 Å². The molecule has 158 valence electrons. The number of piperazine rings is 1. The number of anilines is 1. The first-order valence-corrected chi connectivity index (χ1v) is 11.3. The molecule has 1 saturated heterocycles. The molecule has 1 aliphatic heterocycles. The average molecular weight is 428 g/mol. The number of benzene rings is 2. The molecular formula is C22H25N3O4S. The highest BCUT2D eigenvalue weighted by atomic mass is 32.2. The Bertz CT molecular complexity index is 1150. The Kier molecular flexibility index (Phi) is 5.53. The van der Waals surface area contributed by atoms with E-state index in [-0.39, 0.29) is 0 Å². The summed E-state index contributed by atoms with van der Waals surface area (Å²) < 4.78 is 39.1. The van der Waals surface area contributed by atoms with Crippen LogP contribution in [0.2, 0.25) is 0 Å². The highest BCUT2D eigenvalue weighted by molar-refractivity contribution is 7.89. The van der Waals surface area contributed by atoms with Crippen molar-refractivity contribution < 1.29 is 17.7 Å². The molecule has 0 saturated carbocycles. The summed E-state index contributed by atoms with van der Waals surface area (Å²) in [5.74, 6) is 1.35. The van der Waals surface area contributed by atoms with E-state index in [1.165, 1.54) is 0 Å². The standard InChI is InChI=1S/C22H25N3O4S/c1-16-8-9-18(21-14-17(2)23-29-21)15-22(16)30(26,27)25-12-10-24(11-13-25)19-6-4-5-7-20(19)28-3/h4-9,14-15H,10-13H2,1-3H3. The zero-order chi connectivity index (χ0) is 21.3. The monoisotopic (exact) mass is 427 g/mol. The molecule has 0 N–H and O–H groups in total. The predicted molar refractivity (Wildman–Crippen MR) is 115 cm³/mol. The number of nitrogens with zero attached hydrogens (tertiary/aromatic N) is 3. The fraction of sp³-hybridized carbons (Fsp3) is 0.318. The number of aryl methyl sites for hydroxylation is 2. The van der Waals surface area contributed by atoms with Gasteiger partial charge in [-0.1, -0.05) is 29.4 Å². The van der Waals surface area contributed by atoms with Gasteiger partial charge in [-0.2, -0.15) is 4.31 Å². The van der Waals surface area contributed by atoms with Crippen molar-refractivity contribution in [3.63, 3.8) is 0 Å². The van der Waals surface area contributed by atoms with Crippen molar-refractivity contribution in [3.8, 4) is 17.1 Å². The van der Waals surface area contributed by atoms with Crippen molar-refractivity contribution in [1.29, 1.82) is 0 Å². The molecule has 0 aliphatic carbocycles. The number of hydrogen-bond donors (Lipinski definition) is 0. The van der Waals surface area contributed by atoms with Gasteiger partial charge in [0.2, 0.25) is 10.0 Å². The van der Waals surface area contributed by atoms with Crippen LogP contribution in [0.25, 0.3) is 11.3 Å². The molecule has 7 nitrogen and oxygen atoms in total. The molecule has 0 radical (unpaired) electrons. The normalized spacial score (nSPS) is 15.4. The van der Waals surface area contributed by atoms with E-state index in [1.807, 2.05) is 50.2 Å². The molecule has 8 heteroatoms. The number of para-hydroxylation sites is 2. The summed E-state index contributed by atoms with van der Waals surface area (Å²) in [7, 11) is -1.98. The molecule has 1 aliphatic rings. The SMILES string of the molecule is COc1ccccc1N1CCN(S(=O)(=O)c2cc(-c3cc(C)no3)ccc2C)CC1. The van der Waals surface area contributed by atoms with Gasteiger partial charge >= 0.3 is 0 Å². The molecule has 0 unspecified atom stereocenters. The highest BCUT2D eigenvalue weighted by Crippen LogP contribution is 2.31. The Balaban J connectivity index is 1.56. The van der Waals surface area contributed by atoms with Gasteiger partial charge in [0.05, 0.1) is 23.4 Å². The summed E-state index contributed by atoms with van der Waals surface area (Å²) in [6.45, 7) is 5.66. The van der Waals surface area contributed by atoms with Gasteiger partial charge in [0.15, 0.2) is 5.76 Å². The van der Waals surface area contributed by atoms with E-state index in [9.17, 15) is 8.42 Å². The van der Waals surface area contributed by atoms with Crippen molar-refractivity contribution in [2.24, 2.45) is 0 Å². The maximum Gasteiger partial charge on any atom is 0.243 e. The first-order chi connectivity index (χ1) is 14.4. The topological polar surface area (TPSA) is 75.9 Å². The summed E-state index contributed by atoms with van der Waals surface area (Å²) in [5, 5.41) is 3.90. The average Bonchev–Trinajstić information content (AvgIpc) is 3.20. The smallest absolute Gasteiger partial charge is 0.243 e. The Hall–Kier alpha value is -2.84. The zero-order valence-corrected chi connectivity index (χ0v) is 18.1. The molecule has 0 atom stereocenters. The predicted octanol–water partition coefficient (Wildman–Crippen LogP) is 3.48. The van der Waals surface area contributed by atoms with Gasteiger partial charge in [-0.15, -0.1) is 0 Å². The minimum absolute atomic E-state index is 0.305. The number of sulfonamides is 1. The largest absolute Gasteiger partial charge is 0.495 e. The van der Waals surface area contributed by atoms with Crippen LogP contribution >= 0.6 is 0 Å². The van der Waals surface area contributed by atoms with Crippen LogP contribution < -0.4 is 9.64 Å². The number of hydrogen-bond acceptors (Lipinski definition) is 6. The van der Waals surface area contributed by atoms with Gasteiger partial charge in [-0.25, -0.2) is 8.42 Å². The Morgan fingerprint density at radius 3 is 2.40 bits per heavy atom. The lowest BCUT2D eigenvalue weighted by atomic mass is 10.1. The van der Waals surface area contributed by atoms with E-state index < -0.39 is 10.0 Å². The van der Waals surface area contributed by atoms with E-state index in [0.29, 0.717) is 48.0 Å². The lowest BCUT2D eigenvalue weighted by molar-refractivity contribution is 0.378. The second-order valence-electron chi connectivity index (χ2n) is 7.38. The van der Waals surface area contributed by atoms with Gasteiger partial charge in [0.1, 0.15) is 5.75 Å².